The maximum atomic E-state index is 4.15. The van der Waals surface area contributed by atoms with Crippen molar-refractivity contribution in [2.75, 3.05) is 0 Å². The van der Waals surface area contributed by atoms with E-state index in [9.17, 15) is 0 Å². The van der Waals surface area contributed by atoms with Gasteiger partial charge in [-0.25, -0.2) is 0 Å². The highest BCUT2D eigenvalue weighted by Gasteiger charge is 2.30. The quantitative estimate of drug-likeness (QED) is 0.544. The van der Waals surface area contributed by atoms with Crippen molar-refractivity contribution in [2.45, 2.75) is 20.8 Å². The second-order valence-electron chi connectivity index (χ2n) is 4.23. The van der Waals surface area contributed by atoms with Gasteiger partial charge in [-0.2, -0.15) is 0 Å². The number of allylic oxidation sites excluding steroid dienone is 6. The molecule has 0 aromatic carbocycles. The molecule has 72 valence electrons. The molecule has 2 aliphatic carbocycles. The van der Waals surface area contributed by atoms with Crippen molar-refractivity contribution < 1.29 is 0 Å². The molecule has 0 fully saturated rings. The predicted octanol–water partition coefficient (Wildman–Crippen LogP) is 3.80. The second-order valence-corrected chi connectivity index (χ2v) is 4.23. The lowest BCUT2D eigenvalue weighted by Crippen LogP contribution is -2.04. The SMILES string of the molecule is C=C1C(C)=C(C2=C=CC=C2)[C@H](C)[C@H]1C. The second kappa shape index (κ2) is 3.15. The van der Waals surface area contributed by atoms with Crippen LogP contribution in [-0.2, 0) is 0 Å². The topological polar surface area (TPSA) is 0 Å². The highest BCUT2D eigenvalue weighted by Crippen LogP contribution is 2.43. The summed E-state index contributed by atoms with van der Waals surface area (Å²) in [5, 5.41) is 0. The first-order valence-corrected chi connectivity index (χ1v) is 5.16. The largest absolute Gasteiger partial charge is 0.113 e. The Hall–Kier alpha value is -1.26. The minimum atomic E-state index is 0.577. The van der Waals surface area contributed by atoms with Crippen LogP contribution in [-0.4, -0.2) is 0 Å². The van der Waals surface area contributed by atoms with Crippen LogP contribution in [0.2, 0.25) is 0 Å². The van der Waals surface area contributed by atoms with Gasteiger partial charge in [0.2, 0.25) is 0 Å². The molecular formula is C14H16. The molecule has 0 aromatic heterocycles. The minimum Gasteiger partial charge on any atom is -0.113 e. The first kappa shape index (κ1) is 9.30. The van der Waals surface area contributed by atoms with E-state index in [-0.39, 0.29) is 0 Å². The summed E-state index contributed by atoms with van der Waals surface area (Å²) in [7, 11) is 0. The molecule has 14 heavy (non-hydrogen) atoms. The maximum absolute atomic E-state index is 4.15. The zero-order chi connectivity index (χ0) is 10.3. The molecule has 0 heterocycles. The van der Waals surface area contributed by atoms with Crippen LogP contribution < -0.4 is 0 Å². The molecule has 0 spiro atoms. The Kier molecular flexibility index (Phi) is 2.09. The van der Waals surface area contributed by atoms with E-state index >= 15 is 0 Å². The molecule has 0 unspecified atom stereocenters. The third kappa shape index (κ3) is 1.15. The van der Waals surface area contributed by atoms with Crippen molar-refractivity contribution in [3.8, 4) is 0 Å². The van der Waals surface area contributed by atoms with Crippen LogP contribution in [0.3, 0.4) is 0 Å². The molecular weight excluding hydrogens is 168 g/mol. The summed E-state index contributed by atoms with van der Waals surface area (Å²) in [6.07, 6.45) is 6.17. The summed E-state index contributed by atoms with van der Waals surface area (Å²) in [6.45, 7) is 10.9. The fourth-order valence-electron chi connectivity index (χ4n) is 2.35. The Bertz CT molecular complexity index is 409. The third-order valence-electron chi connectivity index (χ3n) is 3.53. The summed E-state index contributed by atoms with van der Waals surface area (Å²) in [4.78, 5) is 0. The average molecular weight is 184 g/mol. The van der Waals surface area contributed by atoms with Gasteiger partial charge in [0, 0.05) is 5.57 Å². The van der Waals surface area contributed by atoms with Gasteiger partial charge in [-0.3, -0.25) is 0 Å². The fraction of sp³-hybridized carbons (Fsp3) is 0.357. The Morgan fingerprint density at radius 2 is 2.00 bits per heavy atom. The monoisotopic (exact) mass is 184 g/mol. The van der Waals surface area contributed by atoms with E-state index in [1.165, 1.54) is 22.3 Å². The summed E-state index contributed by atoms with van der Waals surface area (Å²) >= 11 is 0. The van der Waals surface area contributed by atoms with Crippen LogP contribution >= 0.6 is 0 Å². The summed E-state index contributed by atoms with van der Waals surface area (Å²) in [5.41, 5.74) is 8.63. The molecule has 0 saturated heterocycles. The van der Waals surface area contributed by atoms with E-state index in [0.29, 0.717) is 11.8 Å². The number of hydrogen-bond donors (Lipinski definition) is 0. The summed E-state index contributed by atoms with van der Waals surface area (Å²) < 4.78 is 0. The Labute approximate surface area is 86.0 Å². The Balaban J connectivity index is 2.49. The lowest BCUT2D eigenvalue weighted by atomic mass is 9.90. The van der Waals surface area contributed by atoms with E-state index in [2.05, 4.69) is 39.2 Å². The fourth-order valence-corrected chi connectivity index (χ4v) is 2.35. The first-order chi connectivity index (χ1) is 6.63. The van der Waals surface area contributed by atoms with Crippen LogP contribution in [0.4, 0.5) is 0 Å². The first-order valence-electron chi connectivity index (χ1n) is 5.16. The number of hydrogen-bond acceptors (Lipinski definition) is 0. The van der Waals surface area contributed by atoms with E-state index < -0.39 is 0 Å². The van der Waals surface area contributed by atoms with Gasteiger partial charge in [0.1, 0.15) is 0 Å². The number of rotatable bonds is 1. The third-order valence-corrected chi connectivity index (χ3v) is 3.53. The van der Waals surface area contributed by atoms with Crippen LogP contribution in [0.1, 0.15) is 20.8 Å². The highest BCUT2D eigenvalue weighted by molar-refractivity contribution is 5.56. The van der Waals surface area contributed by atoms with Crippen molar-refractivity contribution in [1.82, 2.24) is 0 Å². The molecule has 2 atom stereocenters. The van der Waals surface area contributed by atoms with E-state index in [1.54, 1.807) is 0 Å². The molecule has 0 nitrogen and oxygen atoms in total. The van der Waals surface area contributed by atoms with Crippen molar-refractivity contribution in [1.29, 1.82) is 0 Å². The van der Waals surface area contributed by atoms with Gasteiger partial charge in [-0.15, -0.1) is 5.73 Å². The zero-order valence-corrected chi connectivity index (χ0v) is 9.09. The molecule has 0 bridgehead atoms. The Morgan fingerprint density at radius 3 is 2.43 bits per heavy atom. The summed E-state index contributed by atoms with van der Waals surface area (Å²) in [6, 6.07) is 0. The minimum absolute atomic E-state index is 0.577. The van der Waals surface area contributed by atoms with Crippen LogP contribution in [0.15, 0.2) is 52.8 Å². The molecule has 0 N–H and O–H groups in total. The van der Waals surface area contributed by atoms with E-state index in [1.807, 2.05) is 12.2 Å². The van der Waals surface area contributed by atoms with Crippen LogP contribution in [0.5, 0.6) is 0 Å². The smallest absolute Gasteiger partial charge is 0.0202 e. The van der Waals surface area contributed by atoms with Gasteiger partial charge in [0.05, 0.1) is 0 Å². The molecule has 0 aliphatic heterocycles. The molecule has 0 aromatic rings. The van der Waals surface area contributed by atoms with Crippen LogP contribution in [0.25, 0.3) is 0 Å². The molecule has 2 aliphatic rings. The summed E-state index contributed by atoms with van der Waals surface area (Å²) in [5.74, 6) is 1.16. The van der Waals surface area contributed by atoms with Gasteiger partial charge in [0.25, 0.3) is 0 Å². The van der Waals surface area contributed by atoms with Crippen molar-refractivity contribution in [2.24, 2.45) is 11.8 Å². The lowest BCUT2D eigenvalue weighted by Gasteiger charge is -2.13. The maximum Gasteiger partial charge on any atom is 0.0202 e. The molecule has 0 radical (unpaired) electrons. The van der Waals surface area contributed by atoms with Crippen LogP contribution in [0, 0.1) is 11.8 Å². The normalized spacial score (nSPS) is 30.5. The van der Waals surface area contributed by atoms with Gasteiger partial charge in [0.15, 0.2) is 0 Å². The van der Waals surface area contributed by atoms with Gasteiger partial charge in [-0.1, -0.05) is 26.5 Å². The highest BCUT2D eigenvalue weighted by atomic mass is 14.3. The molecule has 0 amide bonds. The van der Waals surface area contributed by atoms with E-state index in [4.69, 9.17) is 0 Å². The molecule has 0 saturated carbocycles. The average Bonchev–Trinajstić information content (AvgIpc) is 2.73. The van der Waals surface area contributed by atoms with Gasteiger partial charge < -0.3 is 0 Å². The standard InChI is InChI=1S/C14H16/c1-9-10(2)12(4)14(11(9)3)13-7-5-6-8-13/h5-7,10,12H,1H2,2-4H3/t10-,12+/m0/s1. The van der Waals surface area contributed by atoms with Gasteiger partial charge in [-0.05, 0) is 47.6 Å². The molecule has 0 heteroatoms. The van der Waals surface area contributed by atoms with Crippen molar-refractivity contribution in [3.05, 3.63) is 52.8 Å². The van der Waals surface area contributed by atoms with Gasteiger partial charge >= 0.3 is 0 Å². The van der Waals surface area contributed by atoms with Crippen molar-refractivity contribution >= 4 is 0 Å². The predicted molar refractivity (Wildman–Crippen MR) is 60.9 cm³/mol. The van der Waals surface area contributed by atoms with E-state index in [0.717, 1.165) is 0 Å². The Morgan fingerprint density at radius 1 is 1.29 bits per heavy atom. The van der Waals surface area contributed by atoms with Crippen molar-refractivity contribution in [3.63, 3.8) is 0 Å². The lowest BCUT2D eigenvalue weighted by molar-refractivity contribution is 0.547. The zero-order valence-electron chi connectivity index (χ0n) is 9.09. The molecule has 2 rings (SSSR count).